The van der Waals surface area contributed by atoms with Gasteiger partial charge in [0.2, 0.25) is 5.76 Å². The Kier molecular flexibility index (Phi) is 6.21. The first-order chi connectivity index (χ1) is 14.4. The molecule has 4 rings (SSSR count). The minimum atomic E-state index is -1.51. The van der Waals surface area contributed by atoms with Gasteiger partial charge in [-0.1, -0.05) is 23.2 Å². The van der Waals surface area contributed by atoms with Crippen molar-refractivity contribution in [3.63, 3.8) is 0 Å². The number of halogens is 2. The minimum absolute atomic E-state index is 0.0800. The zero-order valence-electron chi connectivity index (χ0n) is 15.3. The van der Waals surface area contributed by atoms with Crippen molar-refractivity contribution < 1.29 is 34.3 Å². The van der Waals surface area contributed by atoms with Crippen LogP contribution in [0.3, 0.4) is 0 Å². The molecule has 3 N–H and O–H groups in total. The molecule has 3 aromatic rings. The maximum atomic E-state index is 12.4. The molecule has 1 aromatic heterocycles. The molecule has 10 heteroatoms. The second-order valence-electron chi connectivity index (χ2n) is 5.93. The summed E-state index contributed by atoms with van der Waals surface area (Å²) < 4.78 is 5.17. The zero-order valence-corrected chi connectivity index (χ0v) is 16.8. The van der Waals surface area contributed by atoms with Gasteiger partial charge in [0, 0.05) is 17.2 Å². The van der Waals surface area contributed by atoms with E-state index in [1.807, 2.05) is 0 Å². The van der Waals surface area contributed by atoms with E-state index >= 15 is 0 Å². The lowest BCUT2D eigenvalue weighted by Gasteiger charge is -2.22. The maximum absolute atomic E-state index is 12.4. The Morgan fingerprint density at radius 1 is 1.00 bits per heavy atom. The SMILES string of the molecule is CO.O=CC(C1=C(O)c2cc(Cl)ccc2OO1)c1c(O)c2cc(Cl)ccc2oc1=O. The molecular formula is C20H14Cl2O8. The van der Waals surface area contributed by atoms with Gasteiger partial charge >= 0.3 is 5.63 Å². The van der Waals surface area contributed by atoms with Crippen molar-refractivity contribution in [2.45, 2.75) is 5.92 Å². The van der Waals surface area contributed by atoms with E-state index in [-0.39, 0.29) is 27.3 Å². The van der Waals surface area contributed by atoms with Crippen LogP contribution in [0.2, 0.25) is 10.0 Å². The summed E-state index contributed by atoms with van der Waals surface area (Å²) in [7, 11) is 1.00. The third-order valence-electron chi connectivity index (χ3n) is 4.26. The fourth-order valence-electron chi connectivity index (χ4n) is 2.93. The molecule has 0 amide bonds. The van der Waals surface area contributed by atoms with Crippen LogP contribution in [0.15, 0.2) is 51.4 Å². The van der Waals surface area contributed by atoms with Crippen LogP contribution in [0.25, 0.3) is 16.7 Å². The van der Waals surface area contributed by atoms with Gasteiger partial charge in [0.15, 0.2) is 11.5 Å². The summed E-state index contributed by atoms with van der Waals surface area (Å²) >= 11 is 11.9. The lowest BCUT2D eigenvalue weighted by atomic mass is 9.95. The first-order valence-electron chi connectivity index (χ1n) is 8.33. The Morgan fingerprint density at radius 3 is 2.37 bits per heavy atom. The van der Waals surface area contributed by atoms with Gasteiger partial charge in [-0.15, -0.1) is 0 Å². The third-order valence-corrected chi connectivity index (χ3v) is 4.73. The van der Waals surface area contributed by atoms with Crippen LogP contribution >= 0.6 is 23.2 Å². The Balaban J connectivity index is 0.00000124. The first-order valence-corrected chi connectivity index (χ1v) is 9.09. The van der Waals surface area contributed by atoms with Gasteiger partial charge < -0.3 is 24.5 Å². The number of hydrogen-bond donors (Lipinski definition) is 3. The molecule has 0 bridgehead atoms. The molecule has 2 heterocycles. The van der Waals surface area contributed by atoms with E-state index in [1.54, 1.807) is 0 Å². The highest BCUT2D eigenvalue weighted by Gasteiger charge is 2.35. The molecule has 1 aliphatic heterocycles. The average Bonchev–Trinajstić information content (AvgIpc) is 2.74. The van der Waals surface area contributed by atoms with E-state index in [0.29, 0.717) is 11.3 Å². The molecule has 0 fully saturated rings. The predicted molar refractivity (Wildman–Crippen MR) is 109 cm³/mol. The van der Waals surface area contributed by atoms with Crippen LogP contribution in [0.5, 0.6) is 11.5 Å². The highest BCUT2D eigenvalue weighted by atomic mass is 35.5. The Morgan fingerprint density at radius 2 is 1.67 bits per heavy atom. The summed E-state index contributed by atoms with van der Waals surface area (Å²) in [4.78, 5) is 34.4. The zero-order chi connectivity index (χ0) is 22.0. The molecule has 1 atom stereocenters. The minimum Gasteiger partial charge on any atom is -0.507 e. The summed E-state index contributed by atoms with van der Waals surface area (Å²) in [6, 6.07) is 8.66. The van der Waals surface area contributed by atoms with Gasteiger partial charge in [-0.05, 0) is 36.4 Å². The van der Waals surface area contributed by atoms with Gasteiger partial charge in [0.1, 0.15) is 23.5 Å². The van der Waals surface area contributed by atoms with E-state index in [0.717, 1.165) is 7.11 Å². The number of hydrogen-bond acceptors (Lipinski definition) is 8. The molecule has 1 aliphatic rings. The van der Waals surface area contributed by atoms with Crippen molar-refractivity contribution in [2.75, 3.05) is 7.11 Å². The number of rotatable bonds is 3. The van der Waals surface area contributed by atoms with E-state index in [2.05, 4.69) is 0 Å². The molecule has 0 radical (unpaired) electrons. The maximum Gasteiger partial charge on any atom is 0.344 e. The van der Waals surface area contributed by atoms with Crippen LogP contribution in [-0.4, -0.2) is 28.7 Å². The lowest BCUT2D eigenvalue weighted by Crippen LogP contribution is -2.21. The van der Waals surface area contributed by atoms with Gasteiger partial charge in [-0.2, -0.15) is 0 Å². The number of allylic oxidation sites excluding steroid dienone is 1. The van der Waals surface area contributed by atoms with Crippen molar-refractivity contribution in [1.82, 2.24) is 0 Å². The highest BCUT2D eigenvalue weighted by Crippen LogP contribution is 2.41. The third kappa shape index (κ3) is 3.68. The molecular weight excluding hydrogens is 439 g/mol. The normalized spacial score (nSPS) is 13.5. The second kappa shape index (κ2) is 8.66. The molecule has 0 aliphatic carbocycles. The van der Waals surface area contributed by atoms with E-state index in [4.69, 9.17) is 42.5 Å². The molecule has 0 spiro atoms. The highest BCUT2D eigenvalue weighted by molar-refractivity contribution is 6.31. The summed E-state index contributed by atoms with van der Waals surface area (Å²) in [6.45, 7) is 0. The van der Waals surface area contributed by atoms with Gasteiger partial charge in [0.25, 0.3) is 0 Å². The van der Waals surface area contributed by atoms with Crippen LogP contribution < -0.4 is 10.5 Å². The summed E-state index contributed by atoms with van der Waals surface area (Å²) in [5.41, 5.74) is -1.17. The fraction of sp³-hybridized carbons (Fsp3) is 0.100. The molecule has 156 valence electrons. The number of aliphatic hydroxyl groups excluding tert-OH is 2. The fourth-order valence-corrected chi connectivity index (χ4v) is 3.27. The van der Waals surface area contributed by atoms with Crippen molar-refractivity contribution in [3.05, 3.63) is 73.7 Å². The molecule has 0 saturated heterocycles. The van der Waals surface area contributed by atoms with Gasteiger partial charge in [-0.25, -0.2) is 4.79 Å². The van der Waals surface area contributed by atoms with Gasteiger partial charge in [0.05, 0.1) is 16.5 Å². The molecule has 1 unspecified atom stereocenters. The topological polar surface area (TPSA) is 126 Å². The molecule has 8 nitrogen and oxygen atoms in total. The van der Waals surface area contributed by atoms with E-state index in [1.165, 1.54) is 36.4 Å². The van der Waals surface area contributed by atoms with Crippen molar-refractivity contribution in [3.8, 4) is 11.5 Å². The standard InChI is InChI=1S/C19H10Cl2O7.CH4O/c20-8-1-3-13-10(5-8)16(23)15(19(25)26-13)12(7-22)18-17(24)11-6-9(21)2-4-14(11)27-28-18;1-2/h1-7,12,23-24H;2H,1H3. The van der Waals surface area contributed by atoms with Gasteiger partial charge in [-0.3, -0.25) is 9.78 Å². The van der Waals surface area contributed by atoms with Crippen LogP contribution in [-0.2, 0) is 9.68 Å². The number of aliphatic hydroxyl groups is 2. The van der Waals surface area contributed by atoms with Crippen LogP contribution in [0.4, 0.5) is 0 Å². The molecule has 0 saturated carbocycles. The smallest absolute Gasteiger partial charge is 0.344 e. The Hall–Kier alpha value is -3.20. The quantitative estimate of drug-likeness (QED) is 0.309. The number of aromatic hydroxyl groups is 1. The van der Waals surface area contributed by atoms with E-state index in [9.17, 15) is 19.8 Å². The summed E-state index contributed by atoms with van der Waals surface area (Å²) in [5, 5.41) is 28.9. The van der Waals surface area contributed by atoms with Crippen molar-refractivity contribution >= 4 is 46.2 Å². The number of carbonyl (C=O) groups excluding carboxylic acids is 1. The number of carbonyl (C=O) groups is 1. The average molecular weight is 453 g/mol. The monoisotopic (exact) mass is 452 g/mol. The summed E-state index contributed by atoms with van der Waals surface area (Å²) in [5.74, 6) is -2.73. The first kappa shape index (κ1) is 21.5. The van der Waals surface area contributed by atoms with Crippen LogP contribution in [0.1, 0.15) is 17.0 Å². The number of aldehydes is 1. The largest absolute Gasteiger partial charge is 0.507 e. The number of benzene rings is 2. The Labute approximate surface area is 179 Å². The second-order valence-corrected chi connectivity index (χ2v) is 6.80. The Bertz CT molecular complexity index is 1220. The van der Waals surface area contributed by atoms with Crippen molar-refractivity contribution in [2.24, 2.45) is 0 Å². The van der Waals surface area contributed by atoms with Crippen molar-refractivity contribution in [1.29, 1.82) is 0 Å². The molecule has 30 heavy (non-hydrogen) atoms. The predicted octanol–water partition coefficient (Wildman–Crippen LogP) is 3.95. The summed E-state index contributed by atoms with van der Waals surface area (Å²) in [6.07, 6.45) is 0.312. The molecule has 2 aromatic carbocycles. The van der Waals surface area contributed by atoms with E-state index < -0.39 is 34.4 Å². The number of fused-ring (bicyclic) bond motifs is 2. The lowest BCUT2D eigenvalue weighted by molar-refractivity contribution is -0.176. The van der Waals surface area contributed by atoms with Crippen LogP contribution in [0, 0.1) is 0 Å².